The van der Waals surface area contributed by atoms with Crippen molar-refractivity contribution in [2.75, 3.05) is 43.0 Å². The smallest absolute Gasteiger partial charge is 0.246 e. The van der Waals surface area contributed by atoms with E-state index >= 15 is 0 Å². The first-order valence-corrected chi connectivity index (χ1v) is 10.4. The number of fused-ring (bicyclic) bond motifs is 1. The van der Waals surface area contributed by atoms with E-state index in [9.17, 15) is 4.79 Å². The van der Waals surface area contributed by atoms with E-state index in [2.05, 4.69) is 32.7 Å². The fourth-order valence-corrected chi connectivity index (χ4v) is 4.21. The van der Waals surface area contributed by atoms with Gasteiger partial charge in [-0.25, -0.2) is 0 Å². The Kier molecular flexibility index (Phi) is 5.90. The first kappa shape index (κ1) is 19.6. The summed E-state index contributed by atoms with van der Waals surface area (Å²) < 4.78 is 0. The number of nitrogens with zero attached hydrogens (tertiary/aromatic N) is 3. The molecule has 4 rings (SSSR count). The molecule has 1 amide bonds. The highest BCUT2D eigenvalue weighted by Gasteiger charge is 2.26. The summed E-state index contributed by atoms with van der Waals surface area (Å²) in [5, 5.41) is 7.36. The summed E-state index contributed by atoms with van der Waals surface area (Å²) in [6.07, 6.45) is 1.91. The molecule has 6 nitrogen and oxygen atoms in total. The van der Waals surface area contributed by atoms with Gasteiger partial charge in [0.25, 0.3) is 0 Å². The molecule has 0 saturated carbocycles. The minimum absolute atomic E-state index is 0.0601. The maximum Gasteiger partial charge on any atom is 0.246 e. The third kappa shape index (κ3) is 4.48. The predicted octanol–water partition coefficient (Wildman–Crippen LogP) is 2.67. The summed E-state index contributed by atoms with van der Waals surface area (Å²) in [5.74, 6) is 0.716. The maximum absolute atomic E-state index is 12.7. The van der Waals surface area contributed by atoms with Crippen LogP contribution in [0.15, 0.2) is 53.5 Å². The van der Waals surface area contributed by atoms with E-state index in [0.29, 0.717) is 5.96 Å². The van der Waals surface area contributed by atoms with Crippen molar-refractivity contribution >= 4 is 34.8 Å². The Balaban J connectivity index is 1.29. The lowest BCUT2D eigenvalue weighted by molar-refractivity contribution is -0.117. The minimum atomic E-state index is 0.0601. The Hall–Kier alpha value is -2.73. The van der Waals surface area contributed by atoms with Crippen molar-refractivity contribution in [2.24, 2.45) is 4.99 Å². The van der Waals surface area contributed by atoms with Gasteiger partial charge >= 0.3 is 0 Å². The first-order valence-electron chi connectivity index (χ1n) is 10.00. The van der Waals surface area contributed by atoms with Gasteiger partial charge in [-0.2, -0.15) is 0 Å². The van der Waals surface area contributed by atoms with Crippen molar-refractivity contribution in [2.45, 2.75) is 18.9 Å². The third-order valence-corrected chi connectivity index (χ3v) is 5.76. The normalized spacial score (nSPS) is 18.7. The van der Waals surface area contributed by atoms with Crippen LogP contribution in [0.3, 0.4) is 0 Å². The van der Waals surface area contributed by atoms with E-state index in [-0.39, 0.29) is 18.5 Å². The monoisotopic (exact) mass is 411 g/mol. The standard InChI is InChI=1S/C22H26ClN5O/c1-24-22(25-14-21(29)28-12-9-16-5-2-3-8-20(16)28)26-18-10-11-27(15-18)19-7-4-6-17(23)13-19/h2-8,13,18H,9-12,14-15H2,1H3,(H2,24,25,26). The van der Waals surface area contributed by atoms with Gasteiger partial charge in [0, 0.05) is 49.1 Å². The Bertz CT molecular complexity index is 916. The largest absolute Gasteiger partial charge is 0.369 e. The molecule has 1 fully saturated rings. The van der Waals surface area contributed by atoms with Gasteiger partial charge in [-0.15, -0.1) is 0 Å². The Morgan fingerprint density at radius 2 is 2.07 bits per heavy atom. The molecule has 2 aromatic carbocycles. The number of para-hydroxylation sites is 1. The zero-order valence-corrected chi connectivity index (χ0v) is 17.3. The molecule has 152 valence electrons. The van der Waals surface area contributed by atoms with Crippen molar-refractivity contribution in [1.82, 2.24) is 10.6 Å². The molecule has 0 bridgehead atoms. The number of benzene rings is 2. The highest BCUT2D eigenvalue weighted by Crippen LogP contribution is 2.27. The number of hydrogen-bond acceptors (Lipinski definition) is 3. The van der Waals surface area contributed by atoms with Crippen molar-refractivity contribution in [3.05, 3.63) is 59.1 Å². The van der Waals surface area contributed by atoms with Crippen LogP contribution >= 0.6 is 11.6 Å². The topological polar surface area (TPSA) is 60.0 Å². The van der Waals surface area contributed by atoms with E-state index in [1.807, 2.05) is 41.3 Å². The number of carbonyl (C=O) groups excluding carboxylic acids is 1. The summed E-state index contributed by atoms with van der Waals surface area (Å²) in [7, 11) is 1.73. The summed E-state index contributed by atoms with van der Waals surface area (Å²) in [5.41, 5.74) is 3.39. The zero-order chi connectivity index (χ0) is 20.2. The number of hydrogen-bond donors (Lipinski definition) is 2. The second-order valence-corrected chi connectivity index (χ2v) is 7.84. The molecule has 2 aliphatic rings. The Labute approximate surface area is 176 Å². The highest BCUT2D eigenvalue weighted by atomic mass is 35.5. The van der Waals surface area contributed by atoms with Crippen molar-refractivity contribution in [1.29, 1.82) is 0 Å². The van der Waals surface area contributed by atoms with Crippen molar-refractivity contribution < 1.29 is 4.79 Å². The van der Waals surface area contributed by atoms with Crippen LogP contribution in [-0.4, -0.2) is 51.1 Å². The fourth-order valence-electron chi connectivity index (χ4n) is 4.03. The van der Waals surface area contributed by atoms with Crippen LogP contribution in [0, 0.1) is 0 Å². The molecular weight excluding hydrogens is 386 g/mol. The van der Waals surface area contributed by atoms with Crippen LogP contribution in [-0.2, 0) is 11.2 Å². The number of nitrogens with one attached hydrogen (secondary N) is 2. The number of rotatable bonds is 4. The Morgan fingerprint density at radius 3 is 2.90 bits per heavy atom. The average Bonchev–Trinajstić information content (AvgIpc) is 3.38. The van der Waals surface area contributed by atoms with Crippen LogP contribution in [0.2, 0.25) is 5.02 Å². The molecule has 7 heteroatoms. The molecule has 0 aromatic heterocycles. The maximum atomic E-state index is 12.7. The molecule has 0 spiro atoms. The summed E-state index contributed by atoms with van der Waals surface area (Å²) in [4.78, 5) is 21.1. The molecular formula is C22H26ClN5O. The second-order valence-electron chi connectivity index (χ2n) is 7.41. The number of aliphatic imine (C=N–C) groups is 1. The molecule has 1 unspecified atom stereocenters. The van der Waals surface area contributed by atoms with E-state index in [1.54, 1.807) is 7.05 Å². The number of halogens is 1. The average molecular weight is 412 g/mol. The fraction of sp³-hybridized carbons (Fsp3) is 0.364. The molecule has 0 aliphatic carbocycles. The van der Waals surface area contributed by atoms with E-state index in [4.69, 9.17) is 11.6 Å². The molecule has 0 radical (unpaired) electrons. The molecule has 1 atom stereocenters. The lowest BCUT2D eigenvalue weighted by atomic mass is 10.2. The number of carbonyl (C=O) groups is 1. The van der Waals surface area contributed by atoms with Gasteiger partial charge in [0.2, 0.25) is 5.91 Å². The van der Waals surface area contributed by atoms with Crippen LogP contribution in [0.5, 0.6) is 0 Å². The SMILES string of the molecule is CN=C(NCC(=O)N1CCc2ccccc21)NC1CCN(c2cccc(Cl)c2)C1. The molecule has 2 heterocycles. The predicted molar refractivity (Wildman–Crippen MR) is 119 cm³/mol. The van der Waals surface area contributed by atoms with Crippen LogP contribution in [0.1, 0.15) is 12.0 Å². The van der Waals surface area contributed by atoms with E-state index in [1.165, 1.54) is 5.56 Å². The number of anilines is 2. The lowest BCUT2D eigenvalue weighted by Crippen LogP contribution is -2.48. The third-order valence-electron chi connectivity index (χ3n) is 5.52. The highest BCUT2D eigenvalue weighted by molar-refractivity contribution is 6.30. The quantitative estimate of drug-likeness (QED) is 0.600. The second kappa shape index (κ2) is 8.74. The first-order chi connectivity index (χ1) is 14.1. The number of guanidine groups is 1. The molecule has 2 N–H and O–H groups in total. The van der Waals surface area contributed by atoms with Crippen LogP contribution in [0.4, 0.5) is 11.4 Å². The van der Waals surface area contributed by atoms with Crippen LogP contribution in [0.25, 0.3) is 0 Å². The summed E-state index contributed by atoms with van der Waals surface area (Å²) >= 11 is 6.12. The molecule has 29 heavy (non-hydrogen) atoms. The van der Waals surface area contributed by atoms with Crippen molar-refractivity contribution in [3.63, 3.8) is 0 Å². The van der Waals surface area contributed by atoms with E-state index < -0.39 is 0 Å². The minimum Gasteiger partial charge on any atom is -0.369 e. The van der Waals surface area contributed by atoms with Gasteiger partial charge < -0.3 is 20.4 Å². The van der Waals surface area contributed by atoms with Gasteiger partial charge in [-0.3, -0.25) is 9.79 Å². The summed E-state index contributed by atoms with van der Waals surface area (Å²) in [6, 6.07) is 16.3. The van der Waals surface area contributed by atoms with Gasteiger partial charge in [0.1, 0.15) is 0 Å². The summed E-state index contributed by atoms with van der Waals surface area (Å²) in [6.45, 7) is 2.79. The van der Waals surface area contributed by atoms with Gasteiger partial charge in [-0.1, -0.05) is 35.9 Å². The lowest BCUT2D eigenvalue weighted by Gasteiger charge is -2.21. The van der Waals surface area contributed by atoms with Gasteiger partial charge in [-0.05, 0) is 42.7 Å². The van der Waals surface area contributed by atoms with Crippen molar-refractivity contribution in [3.8, 4) is 0 Å². The zero-order valence-electron chi connectivity index (χ0n) is 16.6. The molecule has 2 aromatic rings. The van der Waals surface area contributed by atoms with Crippen LogP contribution < -0.4 is 20.4 Å². The van der Waals surface area contributed by atoms with Gasteiger partial charge in [0.05, 0.1) is 6.54 Å². The number of amides is 1. The Morgan fingerprint density at radius 1 is 1.21 bits per heavy atom. The van der Waals surface area contributed by atoms with E-state index in [0.717, 1.165) is 48.9 Å². The molecule has 2 aliphatic heterocycles. The van der Waals surface area contributed by atoms with Gasteiger partial charge in [0.15, 0.2) is 5.96 Å². The molecule has 1 saturated heterocycles.